The van der Waals surface area contributed by atoms with Gasteiger partial charge in [-0.2, -0.15) is 0 Å². The molecule has 2 aromatic carbocycles. The van der Waals surface area contributed by atoms with Gasteiger partial charge in [-0.3, -0.25) is 14.4 Å². The van der Waals surface area contributed by atoms with Crippen LogP contribution in [0.25, 0.3) is 0 Å². The molecule has 0 atom stereocenters. The molecule has 7 nitrogen and oxygen atoms in total. The molecule has 1 aliphatic carbocycles. The predicted octanol–water partition coefficient (Wildman–Crippen LogP) is 3.12. The Hall–Kier alpha value is -2.84. The van der Waals surface area contributed by atoms with Crippen molar-refractivity contribution >= 4 is 27.5 Å². The van der Waals surface area contributed by atoms with Gasteiger partial charge in [0.2, 0.25) is 15.9 Å². The van der Waals surface area contributed by atoms with E-state index in [1.807, 2.05) is 4.90 Å². The van der Waals surface area contributed by atoms with Gasteiger partial charge in [-0.25, -0.2) is 12.7 Å². The summed E-state index contributed by atoms with van der Waals surface area (Å²) in [6.45, 7) is 3.90. The van der Waals surface area contributed by atoms with Crippen molar-refractivity contribution in [2.75, 3.05) is 26.7 Å². The highest BCUT2D eigenvalue weighted by molar-refractivity contribution is 7.89. The summed E-state index contributed by atoms with van der Waals surface area (Å²) in [4.78, 5) is 39.9. The molecule has 1 amide bonds. The quantitative estimate of drug-likeness (QED) is 0.554. The molecule has 8 heteroatoms. The zero-order chi connectivity index (χ0) is 23.8. The third kappa shape index (κ3) is 4.50. The molecular formula is C25H28N2O5S. The third-order valence-electron chi connectivity index (χ3n) is 6.60. The number of carbonyl (C=O) groups is 3. The molecule has 0 aromatic heterocycles. The number of fused-ring (bicyclic) bond motifs is 2. The van der Waals surface area contributed by atoms with Gasteiger partial charge in [0.15, 0.2) is 11.6 Å². The fourth-order valence-electron chi connectivity index (χ4n) is 4.41. The molecule has 2 aromatic rings. The Kier molecular flexibility index (Phi) is 6.50. The highest BCUT2D eigenvalue weighted by Crippen LogP contribution is 2.29. The van der Waals surface area contributed by atoms with Crippen LogP contribution in [0, 0.1) is 5.92 Å². The number of likely N-dealkylation sites (tertiary alicyclic amines) is 1. The molecule has 174 valence electrons. The second-order valence-corrected chi connectivity index (χ2v) is 10.9. The number of nitrogens with zero attached hydrogens (tertiary/aromatic N) is 2. The van der Waals surface area contributed by atoms with E-state index in [-0.39, 0.29) is 45.6 Å². The molecular weight excluding hydrogens is 440 g/mol. The Balaban J connectivity index is 1.45. The summed E-state index contributed by atoms with van der Waals surface area (Å²) in [5.74, 6) is 0.0475. The molecule has 0 N–H and O–H groups in total. The molecule has 2 aliphatic rings. The summed E-state index contributed by atoms with van der Waals surface area (Å²) in [5, 5.41) is 0. The van der Waals surface area contributed by atoms with Crippen LogP contribution >= 0.6 is 0 Å². The molecule has 4 rings (SSSR count). The number of ketones is 2. The first-order valence-electron chi connectivity index (χ1n) is 11.3. The Morgan fingerprint density at radius 3 is 2.18 bits per heavy atom. The number of benzene rings is 2. The summed E-state index contributed by atoms with van der Waals surface area (Å²) in [6.07, 6.45) is 2.71. The van der Waals surface area contributed by atoms with Gasteiger partial charge in [0, 0.05) is 55.4 Å². The van der Waals surface area contributed by atoms with Gasteiger partial charge in [-0.15, -0.1) is 0 Å². The lowest BCUT2D eigenvalue weighted by molar-refractivity contribution is -0.132. The van der Waals surface area contributed by atoms with Crippen LogP contribution < -0.4 is 0 Å². The molecule has 0 unspecified atom stereocenters. The van der Waals surface area contributed by atoms with Crippen LogP contribution in [-0.4, -0.2) is 61.8 Å². The van der Waals surface area contributed by atoms with Gasteiger partial charge in [-0.05, 0) is 43.4 Å². The lowest BCUT2D eigenvalue weighted by atomic mass is 9.84. The fraction of sp³-hybridized carbons (Fsp3) is 0.400. The zero-order valence-electron chi connectivity index (χ0n) is 18.9. The Morgan fingerprint density at radius 2 is 1.55 bits per heavy atom. The third-order valence-corrected chi connectivity index (χ3v) is 8.46. The second kappa shape index (κ2) is 9.19. The fourth-order valence-corrected chi connectivity index (χ4v) is 5.64. The van der Waals surface area contributed by atoms with Crippen LogP contribution in [0.2, 0.25) is 0 Å². The van der Waals surface area contributed by atoms with E-state index in [0.717, 1.165) is 25.9 Å². The van der Waals surface area contributed by atoms with E-state index in [4.69, 9.17) is 0 Å². The normalized spacial score (nSPS) is 16.6. The first kappa shape index (κ1) is 23.3. The first-order chi connectivity index (χ1) is 15.7. The number of hydrogen-bond donors (Lipinski definition) is 0. The van der Waals surface area contributed by atoms with Crippen molar-refractivity contribution in [1.29, 1.82) is 0 Å². The van der Waals surface area contributed by atoms with E-state index < -0.39 is 10.0 Å². The van der Waals surface area contributed by atoms with Gasteiger partial charge < -0.3 is 4.90 Å². The van der Waals surface area contributed by atoms with Crippen LogP contribution in [0.3, 0.4) is 0 Å². The van der Waals surface area contributed by atoms with E-state index in [1.54, 1.807) is 24.3 Å². The maximum absolute atomic E-state index is 13.1. The van der Waals surface area contributed by atoms with Crippen LogP contribution in [0.4, 0.5) is 0 Å². The molecule has 1 aliphatic heterocycles. The average Bonchev–Trinajstić information content (AvgIpc) is 2.82. The number of amides is 1. The Bertz CT molecular complexity index is 1210. The van der Waals surface area contributed by atoms with Crippen LogP contribution in [0.5, 0.6) is 0 Å². The number of hydrogen-bond acceptors (Lipinski definition) is 5. The minimum atomic E-state index is -3.88. The van der Waals surface area contributed by atoms with Gasteiger partial charge in [0.25, 0.3) is 0 Å². The molecule has 33 heavy (non-hydrogen) atoms. The molecule has 1 heterocycles. The van der Waals surface area contributed by atoms with Crippen LogP contribution in [0.1, 0.15) is 64.4 Å². The summed E-state index contributed by atoms with van der Waals surface area (Å²) in [7, 11) is -2.41. The average molecular weight is 469 g/mol. The van der Waals surface area contributed by atoms with Crippen molar-refractivity contribution in [1.82, 2.24) is 9.21 Å². The maximum Gasteiger partial charge on any atom is 0.242 e. The second-order valence-electron chi connectivity index (χ2n) is 8.90. The standard InChI is InChI=1S/C25H28N2O5S/c1-17-11-14-27(15-12-17)23(28)8-5-13-26(2)33(31,32)18-9-10-21-22(16-18)25(30)20-7-4-3-6-19(20)24(21)29/h3-4,6-7,9-10,16-17H,5,8,11-15H2,1-2H3. The zero-order valence-corrected chi connectivity index (χ0v) is 19.7. The van der Waals surface area contributed by atoms with E-state index >= 15 is 0 Å². The SMILES string of the molecule is CC1CCN(C(=O)CCCN(C)S(=O)(=O)c2ccc3c(c2)C(=O)c2ccccc2C3=O)CC1. The molecule has 0 spiro atoms. The lowest BCUT2D eigenvalue weighted by Gasteiger charge is -2.30. The van der Waals surface area contributed by atoms with Crippen molar-refractivity contribution in [2.45, 2.75) is 37.5 Å². The predicted molar refractivity (Wildman–Crippen MR) is 124 cm³/mol. The number of carbonyl (C=O) groups excluding carboxylic acids is 3. The highest BCUT2D eigenvalue weighted by Gasteiger charge is 2.31. The van der Waals surface area contributed by atoms with E-state index in [9.17, 15) is 22.8 Å². The maximum atomic E-state index is 13.1. The topological polar surface area (TPSA) is 91.8 Å². The first-order valence-corrected chi connectivity index (χ1v) is 12.7. The highest BCUT2D eigenvalue weighted by atomic mass is 32.2. The monoisotopic (exact) mass is 468 g/mol. The number of piperidine rings is 1. The number of sulfonamides is 1. The Labute approximate surface area is 194 Å². The van der Waals surface area contributed by atoms with Gasteiger partial charge in [0.05, 0.1) is 4.90 Å². The van der Waals surface area contributed by atoms with Crippen molar-refractivity contribution in [3.63, 3.8) is 0 Å². The smallest absolute Gasteiger partial charge is 0.242 e. The van der Waals surface area contributed by atoms with E-state index in [2.05, 4.69) is 6.92 Å². The molecule has 1 saturated heterocycles. The molecule has 0 bridgehead atoms. The Morgan fingerprint density at radius 1 is 0.970 bits per heavy atom. The minimum Gasteiger partial charge on any atom is -0.343 e. The summed E-state index contributed by atoms with van der Waals surface area (Å²) in [6, 6.07) is 10.6. The summed E-state index contributed by atoms with van der Waals surface area (Å²) >= 11 is 0. The van der Waals surface area contributed by atoms with Crippen LogP contribution in [-0.2, 0) is 14.8 Å². The van der Waals surface area contributed by atoms with Crippen molar-refractivity contribution < 1.29 is 22.8 Å². The van der Waals surface area contributed by atoms with Crippen LogP contribution in [0.15, 0.2) is 47.4 Å². The molecule has 0 saturated carbocycles. The molecule has 1 fully saturated rings. The minimum absolute atomic E-state index is 0.0411. The van der Waals surface area contributed by atoms with Crippen molar-refractivity contribution in [3.05, 3.63) is 64.7 Å². The van der Waals surface area contributed by atoms with E-state index in [1.165, 1.54) is 29.6 Å². The lowest BCUT2D eigenvalue weighted by Crippen LogP contribution is -2.38. The van der Waals surface area contributed by atoms with Crippen molar-refractivity contribution in [3.8, 4) is 0 Å². The summed E-state index contributed by atoms with van der Waals surface area (Å²) < 4.78 is 27.4. The van der Waals surface area contributed by atoms with Gasteiger partial charge >= 0.3 is 0 Å². The molecule has 0 radical (unpaired) electrons. The largest absolute Gasteiger partial charge is 0.343 e. The van der Waals surface area contributed by atoms with Gasteiger partial charge in [-0.1, -0.05) is 31.2 Å². The van der Waals surface area contributed by atoms with Crippen molar-refractivity contribution in [2.24, 2.45) is 5.92 Å². The number of rotatable bonds is 6. The van der Waals surface area contributed by atoms with E-state index in [0.29, 0.717) is 24.3 Å². The summed E-state index contributed by atoms with van der Waals surface area (Å²) in [5.41, 5.74) is 0.920. The van der Waals surface area contributed by atoms with Gasteiger partial charge in [0.1, 0.15) is 0 Å².